The smallest absolute Gasteiger partial charge is 0.267 e. The van der Waals surface area contributed by atoms with E-state index in [-0.39, 0.29) is 12.5 Å². The molecule has 2 aliphatic rings. The van der Waals surface area contributed by atoms with Crippen molar-refractivity contribution in [1.29, 1.82) is 0 Å². The van der Waals surface area contributed by atoms with Gasteiger partial charge in [-0.1, -0.05) is 47.6 Å². The molecular formula is C26H25N5O5. The summed E-state index contributed by atoms with van der Waals surface area (Å²) in [7, 11) is 0. The fourth-order valence-corrected chi connectivity index (χ4v) is 4.50. The summed E-state index contributed by atoms with van der Waals surface area (Å²) < 4.78 is 23.0. The second kappa shape index (κ2) is 9.46. The predicted octanol–water partition coefficient (Wildman–Crippen LogP) is 3.18. The van der Waals surface area contributed by atoms with E-state index in [1.807, 2.05) is 66.4 Å². The Morgan fingerprint density at radius 1 is 0.972 bits per heavy atom. The molecule has 0 aliphatic carbocycles. The normalized spacial score (nSPS) is 17.8. The lowest BCUT2D eigenvalue weighted by Crippen LogP contribution is -2.53. The van der Waals surface area contributed by atoms with Crippen molar-refractivity contribution in [3.8, 4) is 34.2 Å². The Bertz CT molecular complexity index is 1360. The van der Waals surface area contributed by atoms with Crippen LogP contribution in [0.1, 0.15) is 11.7 Å². The molecule has 184 valence electrons. The number of amides is 1. The molecule has 2 aromatic heterocycles. The summed E-state index contributed by atoms with van der Waals surface area (Å²) in [4.78, 5) is 17.0. The number of aryl methyl sites for hydroxylation is 1. The molecule has 10 heteroatoms. The van der Waals surface area contributed by atoms with Crippen LogP contribution in [0.2, 0.25) is 0 Å². The van der Waals surface area contributed by atoms with Crippen molar-refractivity contribution in [3.05, 3.63) is 66.2 Å². The number of rotatable bonds is 5. The summed E-state index contributed by atoms with van der Waals surface area (Å²) in [6, 6.07) is 17.2. The Morgan fingerprint density at radius 3 is 2.53 bits per heavy atom. The van der Waals surface area contributed by atoms with Gasteiger partial charge in [0.15, 0.2) is 11.5 Å². The van der Waals surface area contributed by atoms with Crippen molar-refractivity contribution >= 4 is 5.91 Å². The Morgan fingerprint density at radius 2 is 1.72 bits per heavy atom. The molecule has 1 amide bonds. The maximum Gasteiger partial charge on any atom is 0.267 e. The van der Waals surface area contributed by atoms with Gasteiger partial charge in [-0.3, -0.25) is 9.69 Å². The van der Waals surface area contributed by atoms with Crippen LogP contribution in [0.4, 0.5) is 0 Å². The van der Waals surface area contributed by atoms with Crippen LogP contribution in [0.5, 0.6) is 11.5 Å². The van der Waals surface area contributed by atoms with Crippen molar-refractivity contribution < 1.29 is 23.2 Å². The summed E-state index contributed by atoms with van der Waals surface area (Å²) >= 11 is 0. The summed E-state index contributed by atoms with van der Waals surface area (Å²) in [5.74, 6) is 2.72. The lowest BCUT2D eigenvalue weighted by molar-refractivity contribution is -0.143. The molecule has 4 aromatic rings. The quantitative estimate of drug-likeness (QED) is 0.419. The Balaban J connectivity index is 1.07. The molecule has 0 bridgehead atoms. The molecule has 4 heterocycles. The lowest BCUT2D eigenvalue weighted by Gasteiger charge is -2.36. The zero-order valence-corrected chi connectivity index (χ0v) is 19.8. The highest BCUT2D eigenvalue weighted by atomic mass is 16.6. The number of hydrogen-bond donors (Lipinski definition) is 0. The van der Waals surface area contributed by atoms with Gasteiger partial charge < -0.3 is 23.3 Å². The van der Waals surface area contributed by atoms with Gasteiger partial charge in [0.1, 0.15) is 23.6 Å². The highest BCUT2D eigenvalue weighted by molar-refractivity contribution is 5.82. The first kappa shape index (κ1) is 22.3. The predicted molar refractivity (Wildman–Crippen MR) is 128 cm³/mol. The van der Waals surface area contributed by atoms with E-state index in [9.17, 15) is 4.79 Å². The molecule has 36 heavy (non-hydrogen) atoms. The number of hydrogen-bond acceptors (Lipinski definition) is 9. The van der Waals surface area contributed by atoms with Crippen LogP contribution in [0, 0.1) is 6.92 Å². The van der Waals surface area contributed by atoms with Gasteiger partial charge >= 0.3 is 0 Å². The summed E-state index contributed by atoms with van der Waals surface area (Å²) in [5, 5.41) is 12.7. The highest BCUT2D eigenvalue weighted by Crippen LogP contribution is 2.34. The van der Waals surface area contributed by atoms with Crippen LogP contribution in [-0.2, 0) is 11.3 Å². The van der Waals surface area contributed by atoms with Crippen LogP contribution < -0.4 is 9.47 Å². The van der Waals surface area contributed by atoms with E-state index in [0.29, 0.717) is 73.0 Å². The van der Waals surface area contributed by atoms with Crippen molar-refractivity contribution in [1.82, 2.24) is 25.2 Å². The molecule has 2 aromatic carbocycles. The second-order valence-corrected chi connectivity index (χ2v) is 8.80. The number of ether oxygens (including phenoxy) is 2. The third-order valence-corrected chi connectivity index (χ3v) is 6.42. The molecule has 10 nitrogen and oxygen atoms in total. The Labute approximate surface area is 207 Å². The van der Waals surface area contributed by atoms with E-state index in [4.69, 9.17) is 18.4 Å². The maximum absolute atomic E-state index is 13.0. The van der Waals surface area contributed by atoms with Crippen LogP contribution in [0.15, 0.2) is 63.5 Å². The zero-order valence-electron chi connectivity index (χ0n) is 19.8. The molecule has 1 saturated heterocycles. The van der Waals surface area contributed by atoms with E-state index in [1.54, 1.807) is 0 Å². The highest BCUT2D eigenvalue weighted by Gasteiger charge is 2.33. The minimum absolute atomic E-state index is 0.0550. The van der Waals surface area contributed by atoms with Gasteiger partial charge in [-0.15, -0.1) is 10.2 Å². The monoisotopic (exact) mass is 487 g/mol. The number of aromatic nitrogens is 3. The van der Waals surface area contributed by atoms with Crippen LogP contribution >= 0.6 is 0 Å². The first-order valence-electron chi connectivity index (χ1n) is 11.9. The number of piperazine rings is 1. The standard InChI is InChI=1S/C26H25N5O5/c1-17-23(24(29-36-17)18-7-3-2-4-8-18)25-28-27-22(35-25)15-30-11-13-31(14-12-30)26(32)21-16-33-19-9-5-6-10-20(19)34-21/h2-10,21H,11-16H2,1H3/t21-/m1/s1. The summed E-state index contributed by atoms with van der Waals surface area (Å²) in [6.45, 7) is 5.10. The van der Waals surface area contributed by atoms with Gasteiger partial charge in [0, 0.05) is 31.7 Å². The molecule has 1 atom stereocenters. The number of para-hydroxylation sites is 2. The summed E-state index contributed by atoms with van der Waals surface area (Å²) in [6.07, 6.45) is -0.629. The van der Waals surface area contributed by atoms with Gasteiger partial charge in [-0.2, -0.15) is 0 Å². The number of carbonyl (C=O) groups is 1. The second-order valence-electron chi connectivity index (χ2n) is 8.80. The van der Waals surface area contributed by atoms with Gasteiger partial charge in [0.05, 0.1) is 6.54 Å². The van der Waals surface area contributed by atoms with Crippen molar-refractivity contribution in [2.75, 3.05) is 32.8 Å². The average Bonchev–Trinajstić information content (AvgIpc) is 3.55. The molecule has 0 radical (unpaired) electrons. The van der Waals surface area contributed by atoms with E-state index in [2.05, 4.69) is 20.3 Å². The minimum Gasteiger partial charge on any atom is -0.485 e. The molecule has 0 N–H and O–H groups in total. The molecule has 6 rings (SSSR count). The Kier molecular flexibility index (Phi) is 5.86. The van der Waals surface area contributed by atoms with E-state index < -0.39 is 6.10 Å². The third kappa shape index (κ3) is 4.31. The third-order valence-electron chi connectivity index (χ3n) is 6.42. The van der Waals surface area contributed by atoms with E-state index in [1.165, 1.54) is 0 Å². The van der Waals surface area contributed by atoms with Crippen LogP contribution in [0.3, 0.4) is 0 Å². The average molecular weight is 488 g/mol. The van der Waals surface area contributed by atoms with Gasteiger partial charge in [-0.05, 0) is 19.1 Å². The molecule has 0 saturated carbocycles. The fourth-order valence-electron chi connectivity index (χ4n) is 4.50. The van der Waals surface area contributed by atoms with E-state index >= 15 is 0 Å². The van der Waals surface area contributed by atoms with Crippen molar-refractivity contribution in [2.45, 2.75) is 19.6 Å². The lowest BCUT2D eigenvalue weighted by atomic mass is 10.1. The van der Waals surface area contributed by atoms with E-state index in [0.717, 1.165) is 5.56 Å². The van der Waals surface area contributed by atoms with Gasteiger partial charge in [0.2, 0.25) is 12.0 Å². The van der Waals surface area contributed by atoms with Crippen LogP contribution in [0.25, 0.3) is 22.7 Å². The number of nitrogens with zero attached hydrogens (tertiary/aromatic N) is 5. The molecular weight excluding hydrogens is 462 g/mol. The van der Waals surface area contributed by atoms with Gasteiger partial charge in [-0.25, -0.2) is 0 Å². The van der Waals surface area contributed by atoms with Crippen molar-refractivity contribution in [3.63, 3.8) is 0 Å². The SMILES string of the molecule is Cc1onc(-c2ccccc2)c1-c1nnc(CN2CCN(C(=O)[C@H]3COc4ccccc4O3)CC2)o1. The van der Waals surface area contributed by atoms with Gasteiger partial charge in [0.25, 0.3) is 11.8 Å². The maximum atomic E-state index is 13.0. The first-order valence-corrected chi connectivity index (χ1v) is 11.9. The molecule has 1 fully saturated rings. The number of benzene rings is 2. The fraction of sp³-hybridized carbons (Fsp3) is 0.308. The Hall–Kier alpha value is -4.18. The van der Waals surface area contributed by atoms with Crippen molar-refractivity contribution in [2.24, 2.45) is 0 Å². The summed E-state index contributed by atoms with van der Waals surface area (Å²) in [5.41, 5.74) is 2.29. The number of carbonyl (C=O) groups excluding carboxylic acids is 1. The molecule has 0 unspecified atom stereocenters. The largest absolute Gasteiger partial charge is 0.485 e. The molecule has 0 spiro atoms. The van der Waals surface area contributed by atoms with Crippen LogP contribution in [-0.4, -0.2) is 70.0 Å². The topological polar surface area (TPSA) is 107 Å². The first-order chi connectivity index (χ1) is 17.7. The number of fused-ring (bicyclic) bond motifs is 1. The zero-order chi connectivity index (χ0) is 24.5. The molecule has 2 aliphatic heterocycles. The minimum atomic E-state index is -0.629.